The van der Waals surface area contributed by atoms with Gasteiger partial charge in [-0.05, 0) is 30.3 Å². The fourth-order valence-electron chi connectivity index (χ4n) is 2.00. The number of rotatable bonds is 2. The van der Waals surface area contributed by atoms with E-state index in [1.807, 2.05) is 0 Å². The molecule has 7 heteroatoms. The summed E-state index contributed by atoms with van der Waals surface area (Å²) in [5.74, 6) is 0.352. The van der Waals surface area contributed by atoms with Gasteiger partial charge in [0, 0.05) is 16.8 Å². The highest BCUT2D eigenvalue weighted by Gasteiger charge is 2.10. The first-order valence-electron chi connectivity index (χ1n) is 6.27. The van der Waals surface area contributed by atoms with E-state index in [2.05, 4.69) is 9.72 Å². The molecule has 3 aromatic rings. The van der Waals surface area contributed by atoms with Gasteiger partial charge in [-0.25, -0.2) is 9.78 Å². The van der Waals surface area contributed by atoms with Gasteiger partial charge in [-0.2, -0.15) is 0 Å². The predicted octanol–water partition coefficient (Wildman–Crippen LogP) is 4.45. The zero-order valence-electron chi connectivity index (χ0n) is 11.4. The van der Waals surface area contributed by atoms with E-state index >= 15 is 0 Å². The van der Waals surface area contributed by atoms with E-state index in [1.54, 1.807) is 47.1 Å². The van der Waals surface area contributed by atoms with Crippen LogP contribution in [-0.4, -0.2) is 22.6 Å². The lowest BCUT2D eigenvalue weighted by atomic mass is 10.2. The summed E-state index contributed by atoms with van der Waals surface area (Å²) >= 11 is 12.1. The first kappa shape index (κ1) is 14.7. The molecule has 1 aromatic carbocycles. The maximum Gasteiger partial charge on any atom is 0.513 e. The molecule has 0 unspecified atom stereocenters. The molecule has 2 heterocycles. The van der Waals surface area contributed by atoms with E-state index in [4.69, 9.17) is 27.9 Å². The molecule has 2 aromatic heterocycles. The molecule has 0 amide bonds. The lowest BCUT2D eigenvalue weighted by Crippen LogP contribution is -2.07. The number of ether oxygens (including phenoxy) is 2. The molecule has 0 spiro atoms. The minimum atomic E-state index is -0.777. The number of aromatic nitrogens is 2. The molecule has 0 saturated carbocycles. The van der Waals surface area contributed by atoms with Crippen molar-refractivity contribution in [1.82, 2.24) is 9.38 Å². The second-order valence-corrected chi connectivity index (χ2v) is 5.28. The summed E-state index contributed by atoms with van der Waals surface area (Å²) in [5, 5.41) is 1.08. The van der Waals surface area contributed by atoms with Crippen LogP contribution >= 0.6 is 23.2 Å². The van der Waals surface area contributed by atoms with E-state index in [-0.39, 0.29) is 0 Å². The Balaban J connectivity index is 2.00. The van der Waals surface area contributed by atoms with Crippen molar-refractivity contribution in [1.29, 1.82) is 0 Å². The number of hydrogen-bond donors (Lipinski definition) is 0. The maximum absolute atomic E-state index is 11.1. The van der Waals surface area contributed by atoms with Crippen LogP contribution < -0.4 is 4.74 Å². The summed E-state index contributed by atoms with van der Waals surface area (Å²) < 4.78 is 11.2. The van der Waals surface area contributed by atoms with Crippen molar-refractivity contribution in [3.05, 3.63) is 52.8 Å². The zero-order valence-corrected chi connectivity index (χ0v) is 12.9. The normalized spacial score (nSPS) is 10.7. The van der Waals surface area contributed by atoms with E-state index in [9.17, 15) is 4.79 Å². The van der Waals surface area contributed by atoms with E-state index < -0.39 is 6.16 Å². The highest BCUT2D eigenvalue weighted by atomic mass is 35.5. The average Bonchev–Trinajstić information content (AvgIpc) is 2.89. The molecular weight excluding hydrogens is 327 g/mol. The molecule has 0 radical (unpaired) electrons. The van der Waals surface area contributed by atoms with Gasteiger partial charge < -0.3 is 13.9 Å². The minimum absolute atomic E-state index is 0.352. The third-order valence-electron chi connectivity index (χ3n) is 3.00. The Bertz CT molecular complexity index is 861. The van der Waals surface area contributed by atoms with Crippen molar-refractivity contribution in [2.45, 2.75) is 0 Å². The third-order valence-corrected chi connectivity index (χ3v) is 3.55. The van der Waals surface area contributed by atoms with Crippen LogP contribution in [0, 0.1) is 0 Å². The molecule has 112 valence electrons. The number of hydrogen-bond acceptors (Lipinski definition) is 4. The standard InChI is InChI=1S/C15H10Cl2N2O3/c1-21-15(20)22-10-3-5-14-18-13(8-19(14)7-10)11-4-2-9(16)6-12(11)17/h2-8H,1H3. The van der Waals surface area contributed by atoms with Crippen molar-refractivity contribution in [2.24, 2.45) is 0 Å². The molecule has 0 N–H and O–H groups in total. The topological polar surface area (TPSA) is 52.8 Å². The molecule has 0 saturated heterocycles. The number of imidazole rings is 1. The van der Waals surface area contributed by atoms with Crippen molar-refractivity contribution in [3.8, 4) is 17.0 Å². The van der Waals surface area contributed by atoms with Crippen LogP contribution in [0.1, 0.15) is 0 Å². The van der Waals surface area contributed by atoms with Crippen LogP contribution in [0.2, 0.25) is 10.0 Å². The van der Waals surface area contributed by atoms with Crippen LogP contribution in [0.4, 0.5) is 4.79 Å². The van der Waals surface area contributed by atoms with Gasteiger partial charge in [-0.15, -0.1) is 0 Å². The molecule has 5 nitrogen and oxygen atoms in total. The van der Waals surface area contributed by atoms with Crippen LogP contribution in [0.25, 0.3) is 16.9 Å². The van der Waals surface area contributed by atoms with Crippen LogP contribution in [0.5, 0.6) is 5.75 Å². The Labute approximate surface area is 136 Å². The van der Waals surface area contributed by atoms with Crippen molar-refractivity contribution < 1.29 is 14.3 Å². The van der Waals surface area contributed by atoms with Gasteiger partial charge in [0.1, 0.15) is 5.65 Å². The molecule has 0 atom stereocenters. The first-order chi connectivity index (χ1) is 10.6. The van der Waals surface area contributed by atoms with Crippen LogP contribution in [0.15, 0.2) is 42.7 Å². The van der Waals surface area contributed by atoms with Gasteiger partial charge in [-0.3, -0.25) is 0 Å². The zero-order chi connectivity index (χ0) is 15.7. The van der Waals surface area contributed by atoms with Gasteiger partial charge in [0.15, 0.2) is 5.75 Å². The molecule has 0 aliphatic carbocycles. The number of halogens is 2. The number of carbonyl (C=O) groups excluding carboxylic acids is 1. The summed E-state index contributed by atoms with van der Waals surface area (Å²) in [5.41, 5.74) is 2.15. The number of benzene rings is 1. The Morgan fingerprint density at radius 3 is 2.73 bits per heavy atom. The lowest BCUT2D eigenvalue weighted by molar-refractivity contribution is 0.121. The monoisotopic (exact) mass is 336 g/mol. The van der Waals surface area contributed by atoms with Gasteiger partial charge in [0.05, 0.1) is 24.0 Å². The van der Waals surface area contributed by atoms with Gasteiger partial charge in [-0.1, -0.05) is 23.2 Å². The Morgan fingerprint density at radius 2 is 2.00 bits per heavy atom. The quantitative estimate of drug-likeness (QED) is 0.648. The number of nitrogens with zero attached hydrogens (tertiary/aromatic N) is 2. The Morgan fingerprint density at radius 1 is 1.18 bits per heavy atom. The SMILES string of the molecule is COC(=O)Oc1ccc2nc(-c3ccc(Cl)cc3Cl)cn2c1. The largest absolute Gasteiger partial charge is 0.513 e. The number of carbonyl (C=O) groups is 1. The van der Waals surface area contributed by atoms with Crippen molar-refractivity contribution in [2.75, 3.05) is 7.11 Å². The van der Waals surface area contributed by atoms with Crippen molar-refractivity contribution >= 4 is 35.0 Å². The highest BCUT2D eigenvalue weighted by molar-refractivity contribution is 6.36. The summed E-state index contributed by atoms with van der Waals surface area (Å²) in [6.45, 7) is 0. The lowest BCUT2D eigenvalue weighted by Gasteiger charge is -2.02. The molecule has 0 fully saturated rings. The van der Waals surface area contributed by atoms with Crippen molar-refractivity contribution in [3.63, 3.8) is 0 Å². The fraction of sp³-hybridized carbons (Fsp3) is 0.0667. The third kappa shape index (κ3) is 2.86. The fourth-order valence-corrected chi connectivity index (χ4v) is 2.50. The van der Waals surface area contributed by atoms with Gasteiger partial charge in [0.25, 0.3) is 0 Å². The van der Waals surface area contributed by atoms with E-state index in [0.717, 1.165) is 5.56 Å². The molecule has 3 rings (SSSR count). The summed E-state index contributed by atoms with van der Waals surface area (Å²) in [4.78, 5) is 15.6. The molecule has 0 aliphatic heterocycles. The first-order valence-corrected chi connectivity index (χ1v) is 7.02. The van der Waals surface area contributed by atoms with E-state index in [0.29, 0.717) is 27.1 Å². The van der Waals surface area contributed by atoms with Gasteiger partial charge in [0.2, 0.25) is 0 Å². The van der Waals surface area contributed by atoms with Crippen LogP contribution in [-0.2, 0) is 4.74 Å². The minimum Gasteiger partial charge on any atom is -0.437 e. The average molecular weight is 337 g/mol. The molecule has 22 heavy (non-hydrogen) atoms. The maximum atomic E-state index is 11.1. The smallest absolute Gasteiger partial charge is 0.437 e. The van der Waals surface area contributed by atoms with Gasteiger partial charge >= 0.3 is 6.16 Å². The number of methoxy groups -OCH3 is 1. The second-order valence-electron chi connectivity index (χ2n) is 4.44. The molecular formula is C15H10Cl2N2O3. The number of pyridine rings is 1. The second kappa shape index (κ2) is 5.87. The summed E-state index contributed by atoms with van der Waals surface area (Å²) in [6.07, 6.45) is 2.64. The summed E-state index contributed by atoms with van der Waals surface area (Å²) in [6, 6.07) is 8.57. The highest BCUT2D eigenvalue weighted by Crippen LogP contribution is 2.30. The predicted molar refractivity (Wildman–Crippen MR) is 83.7 cm³/mol. The Hall–Kier alpha value is -2.24. The number of fused-ring (bicyclic) bond motifs is 1. The van der Waals surface area contributed by atoms with Crippen LogP contribution in [0.3, 0.4) is 0 Å². The van der Waals surface area contributed by atoms with E-state index in [1.165, 1.54) is 7.11 Å². The molecule has 0 bridgehead atoms. The summed E-state index contributed by atoms with van der Waals surface area (Å²) in [7, 11) is 1.25. The Kier molecular flexibility index (Phi) is 3.92. The molecule has 0 aliphatic rings.